The quantitative estimate of drug-likeness (QED) is 0.336. The van der Waals surface area contributed by atoms with E-state index in [9.17, 15) is 0 Å². The fraction of sp³-hybridized carbons (Fsp3) is 0.294. The van der Waals surface area contributed by atoms with E-state index in [0.717, 1.165) is 18.1 Å². The molecule has 2 aromatic carbocycles. The zero-order valence-corrected chi connectivity index (χ0v) is 23.2. The maximum atomic E-state index is 9.08. The van der Waals surface area contributed by atoms with Crippen molar-refractivity contribution in [3.63, 3.8) is 0 Å². The third kappa shape index (κ3) is 42.9. The molecule has 0 saturated carbocycles. The van der Waals surface area contributed by atoms with Gasteiger partial charge in [-0.05, 0) is 31.2 Å². The Balaban J connectivity index is -0.000000166. The van der Waals surface area contributed by atoms with Gasteiger partial charge in [-0.15, -0.1) is 0 Å². The van der Waals surface area contributed by atoms with Gasteiger partial charge in [-0.25, -0.2) is 16.8 Å². The number of methoxy groups -OCH3 is 1. The van der Waals surface area contributed by atoms with Crippen LogP contribution in [0.2, 0.25) is 0 Å². The standard InChI is InChI=1S/C12H10O.C3H8O.2CH4O3S.2Na/c1-3-7-11(8-4-1)13-12-9-5-2-6-10-12;1-3-4-2;2*1-5(2,3)4;;/h1-10H;3H2,1-2H3;2*1H3,(H,2,3,4);;/q;;;;2*+1/p-2. The van der Waals surface area contributed by atoms with Crippen molar-refractivity contribution >= 4 is 20.2 Å². The number of hydrogen-bond acceptors (Lipinski definition) is 8. The Bertz CT molecular complexity index is 714. The number of ether oxygens (including phenoxy) is 2. The van der Waals surface area contributed by atoms with Gasteiger partial charge in [0.1, 0.15) is 11.5 Å². The second kappa shape index (κ2) is 21.3. The first-order chi connectivity index (χ1) is 12.4. The first-order valence-electron chi connectivity index (χ1n) is 7.45. The fourth-order valence-electron chi connectivity index (χ4n) is 1.11. The van der Waals surface area contributed by atoms with Gasteiger partial charge in [-0.1, -0.05) is 36.4 Å². The van der Waals surface area contributed by atoms with Gasteiger partial charge in [0.25, 0.3) is 0 Å². The molecule has 2 aromatic rings. The van der Waals surface area contributed by atoms with E-state index in [-0.39, 0.29) is 59.1 Å². The van der Waals surface area contributed by atoms with Crippen molar-refractivity contribution in [3.05, 3.63) is 60.7 Å². The molecule has 154 valence electrons. The Kier molecular flexibility index (Phi) is 26.7. The van der Waals surface area contributed by atoms with Gasteiger partial charge in [0.15, 0.2) is 0 Å². The number of rotatable bonds is 3. The molecule has 0 aliphatic carbocycles. The van der Waals surface area contributed by atoms with E-state index in [2.05, 4.69) is 4.74 Å². The molecule has 8 nitrogen and oxygen atoms in total. The van der Waals surface area contributed by atoms with E-state index in [1.165, 1.54) is 0 Å². The van der Waals surface area contributed by atoms with Crippen molar-refractivity contribution in [2.75, 3.05) is 26.2 Å². The summed E-state index contributed by atoms with van der Waals surface area (Å²) in [7, 11) is -6.15. The summed E-state index contributed by atoms with van der Waals surface area (Å²) >= 11 is 0. The number of para-hydroxylation sites is 2. The first kappa shape index (κ1) is 36.4. The van der Waals surface area contributed by atoms with Gasteiger partial charge < -0.3 is 18.6 Å². The van der Waals surface area contributed by atoms with Crippen LogP contribution >= 0.6 is 0 Å². The minimum absolute atomic E-state index is 0. The molecular weight excluding hydrogens is 442 g/mol. The van der Waals surface area contributed by atoms with Gasteiger partial charge in [0.05, 0.1) is 20.2 Å². The Hall–Kier alpha value is 0.0200. The molecule has 2 rings (SSSR count). The van der Waals surface area contributed by atoms with Crippen LogP contribution in [0.1, 0.15) is 6.92 Å². The number of hydrogen-bond donors (Lipinski definition) is 0. The van der Waals surface area contributed by atoms with Crippen LogP contribution in [-0.4, -0.2) is 52.2 Å². The molecule has 0 aliphatic heterocycles. The molecule has 0 aliphatic rings. The minimum atomic E-state index is -3.92. The summed E-state index contributed by atoms with van der Waals surface area (Å²) in [4.78, 5) is 0. The first-order valence-corrected chi connectivity index (χ1v) is 11.1. The summed E-state index contributed by atoms with van der Waals surface area (Å²) < 4.78 is 64.6. The summed E-state index contributed by atoms with van der Waals surface area (Å²) in [6.45, 7) is 2.78. The Morgan fingerprint density at radius 1 is 0.724 bits per heavy atom. The van der Waals surface area contributed by atoms with E-state index in [0.29, 0.717) is 12.5 Å². The van der Waals surface area contributed by atoms with Gasteiger partial charge in [0.2, 0.25) is 0 Å². The van der Waals surface area contributed by atoms with Crippen LogP contribution < -0.4 is 63.9 Å². The van der Waals surface area contributed by atoms with E-state index in [4.69, 9.17) is 30.7 Å². The molecule has 0 fully saturated rings. The van der Waals surface area contributed by atoms with Gasteiger partial charge in [-0.2, -0.15) is 0 Å². The van der Waals surface area contributed by atoms with Gasteiger partial charge in [0, 0.05) is 26.2 Å². The summed E-state index contributed by atoms with van der Waals surface area (Å²) in [5.74, 6) is 1.74. The fourth-order valence-corrected chi connectivity index (χ4v) is 1.11. The third-order valence-corrected chi connectivity index (χ3v) is 2.01. The molecule has 0 atom stereocenters. The molecule has 0 radical (unpaired) electrons. The topological polar surface area (TPSA) is 133 Å². The predicted octanol–water partition coefficient (Wildman–Crippen LogP) is -3.54. The molecule has 0 spiro atoms. The smallest absolute Gasteiger partial charge is 0.748 e. The molecular formula is C17H24Na2O8S2. The van der Waals surface area contributed by atoms with Crippen LogP contribution in [0.15, 0.2) is 60.7 Å². The number of benzene rings is 2. The molecule has 0 amide bonds. The largest absolute Gasteiger partial charge is 1.00 e. The molecule has 12 heteroatoms. The zero-order valence-electron chi connectivity index (χ0n) is 17.6. The average Bonchev–Trinajstić information content (AvgIpc) is 2.54. The molecule has 0 saturated heterocycles. The van der Waals surface area contributed by atoms with Crippen molar-refractivity contribution in [2.45, 2.75) is 6.92 Å². The summed E-state index contributed by atoms with van der Waals surface area (Å²) in [6, 6.07) is 19.5. The van der Waals surface area contributed by atoms with E-state index in [1.807, 2.05) is 67.6 Å². The van der Waals surface area contributed by atoms with Crippen molar-refractivity contribution in [1.82, 2.24) is 0 Å². The van der Waals surface area contributed by atoms with Crippen molar-refractivity contribution in [2.24, 2.45) is 0 Å². The van der Waals surface area contributed by atoms with Crippen LogP contribution in [0, 0.1) is 0 Å². The molecule has 29 heavy (non-hydrogen) atoms. The SMILES string of the molecule is CCOC.CS(=O)(=O)[O-].CS(=O)(=O)[O-].[Na+].[Na+].c1ccc(Oc2ccccc2)cc1. The summed E-state index contributed by atoms with van der Waals surface area (Å²) in [5.41, 5.74) is 0. The van der Waals surface area contributed by atoms with E-state index in [1.54, 1.807) is 7.11 Å². The molecule has 0 bridgehead atoms. The predicted molar refractivity (Wildman–Crippen MR) is 102 cm³/mol. The van der Waals surface area contributed by atoms with Crippen molar-refractivity contribution in [1.29, 1.82) is 0 Å². The summed E-state index contributed by atoms with van der Waals surface area (Å²) in [6.07, 6.45) is 1.21. The summed E-state index contributed by atoms with van der Waals surface area (Å²) in [5, 5.41) is 0. The maximum Gasteiger partial charge on any atom is 1.00 e. The Morgan fingerprint density at radius 2 is 0.931 bits per heavy atom. The normalized spacial score (nSPS) is 9.31. The zero-order chi connectivity index (χ0) is 21.3. The van der Waals surface area contributed by atoms with Crippen LogP contribution in [0.25, 0.3) is 0 Å². The minimum Gasteiger partial charge on any atom is -0.748 e. The molecule has 0 unspecified atom stereocenters. The van der Waals surface area contributed by atoms with Crippen molar-refractivity contribution in [3.8, 4) is 11.5 Å². The van der Waals surface area contributed by atoms with Crippen LogP contribution in [0.4, 0.5) is 0 Å². The molecule has 0 heterocycles. The van der Waals surface area contributed by atoms with E-state index < -0.39 is 20.2 Å². The molecule has 0 aromatic heterocycles. The average molecular weight is 466 g/mol. The van der Waals surface area contributed by atoms with Gasteiger partial charge in [-0.3, -0.25) is 0 Å². The Morgan fingerprint density at radius 3 is 1.10 bits per heavy atom. The monoisotopic (exact) mass is 466 g/mol. The third-order valence-electron chi connectivity index (χ3n) is 2.01. The molecule has 0 N–H and O–H groups in total. The maximum absolute atomic E-state index is 9.08. The van der Waals surface area contributed by atoms with Crippen molar-refractivity contribution < 1.29 is 94.5 Å². The van der Waals surface area contributed by atoms with Gasteiger partial charge >= 0.3 is 59.1 Å². The van der Waals surface area contributed by atoms with Crippen LogP contribution in [-0.2, 0) is 25.0 Å². The van der Waals surface area contributed by atoms with E-state index >= 15 is 0 Å². The van der Waals surface area contributed by atoms with Crippen LogP contribution in [0.3, 0.4) is 0 Å². The second-order valence-electron chi connectivity index (χ2n) is 4.71. The second-order valence-corrected chi connectivity index (χ2v) is 7.53. The van der Waals surface area contributed by atoms with Crippen LogP contribution in [0.5, 0.6) is 11.5 Å². The Labute approximate surface area is 218 Å².